The van der Waals surface area contributed by atoms with Crippen molar-refractivity contribution < 1.29 is 4.39 Å². The van der Waals surface area contributed by atoms with Gasteiger partial charge in [0.2, 0.25) is 0 Å². The number of aromatic nitrogens is 1. The van der Waals surface area contributed by atoms with Gasteiger partial charge >= 0.3 is 0 Å². The maximum Gasteiger partial charge on any atom is 0.144 e. The third kappa shape index (κ3) is 3.30. The summed E-state index contributed by atoms with van der Waals surface area (Å²) in [6, 6.07) is 6.62. The van der Waals surface area contributed by atoms with Crippen LogP contribution in [0.2, 0.25) is 0 Å². The maximum absolute atomic E-state index is 12.8. The fourth-order valence-electron chi connectivity index (χ4n) is 1.56. The zero-order chi connectivity index (χ0) is 13.0. The van der Waals surface area contributed by atoms with Gasteiger partial charge in [0.15, 0.2) is 0 Å². The fraction of sp³-hybridized carbons (Fsp3) is 0.357. The number of rotatable bonds is 4. The van der Waals surface area contributed by atoms with Crippen molar-refractivity contribution in [2.24, 2.45) is 0 Å². The van der Waals surface area contributed by atoms with E-state index in [4.69, 9.17) is 11.6 Å². The highest BCUT2D eigenvalue weighted by atomic mass is 35.5. The van der Waals surface area contributed by atoms with Gasteiger partial charge in [-0.25, -0.2) is 9.37 Å². The molecular weight excluding hydrogens is 269 g/mol. The van der Waals surface area contributed by atoms with Gasteiger partial charge in [0, 0.05) is 5.88 Å². The van der Waals surface area contributed by atoms with E-state index >= 15 is 0 Å². The second kappa shape index (κ2) is 6.30. The van der Waals surface area contributed by atoms with Gasteiger partial charge in [-0.2, -0.15) is 0 Å². The monoisotopic (exact) mass is 283 g/mol. The molecule has 0 unspecified atom stereocenters. The van der Waals surface area contributed by atoms with Crippen molar-refractivity contribution in [3.63, 3.8) is 0 Å². The van der Waals surface area contributed by atoms with Crippen LogP contribution in [0, 0.1) is 5.82 Å². The molecule has 0 bridgehead atoms. The Bertz CT molecular complexity index is 520. The smallest absolute Gasteiger partial charge is 0.144 e. The molecule has 96 valence electrons. The molecule has 3 rings (SSSR count). The first-order valence-electron chi connectivity index (χ1n) is 6.09. The predicted molar refractivity (Wildman–Crippen MR) is 76.7 cm³/mol. The summed E-state index contributed by atoms with van der Waals surface area (Å²) >= 11 is 7.01. The minimum absolute atomic E-state index is 0.185. The molecule has 2 aliphatic heterocycles. The summed E-state index contributed by atoms with van der Waals surface area (Å²) in [7, 11) is 0. The lowest BCUT2D eigenvalue weighted by Crippen LogP contribution is -1.78. The molecule has 0 aromatic heterocycles. The van der Waals surface area contributed by atoms with Crippen LogP contribution in [0.3, 0.4) is 0 Å². The molecule has 18 heavy (non-hydrogen) atoms. The Morgan fingerprint density at radius 1 is 1.33 bits per heavy atom. The van der Waals surface area contributed by atoms with Crippen LogP contribution in [-0.2, 0) is 0 Å². The highest BCUT2D eigenvalue weighted by Crippen LogP contribution is 2.50. The first-order valence-corrected chi connectivity index (χ1v) is 7.44. The lowest BCUT2D eigenvalue weighted by molar-refractivity contribution is 0.628. The normalized spacial score (nSPS) is 10.8. The van der Waals surface area contributed by atoms with E-state index in [9.17, 15) is 4.39 Å². The second-order valence-corrected chi connectivity index (χ2v) is 5.48. The van der Waals surface area contributed by atoms with Gasteiger partial charge in [0.05, 0.1) is 4.88 Å². The number of thiazole rings is 1. The van der Waals surface area contributed by atoms with Crippen molar-refractivity contribution in [1.82, 2.24) is 4.98 Å². The lowest BCUT2D eigenvalue weighted by Gasteiger charge is -2.00. The molecule has 0 radical (unpaired) electrons. The highest BCUT2D eigenvalue weighted by molar-refractivity contribution is 7.23. The summed E-state index contributed by atoms with van der Waals surface area (Å²) in [5.74, 6) is 0.642. The lowest BCUT2D eigenvalue weighted by atomic mass is 10.2. The number of hydrogen-bond donors (Lipinski definition) is 0. The van der Waals surface area contributed by atoms with E-state index < -0.39 is 0 Å². The summed E-state index contributed by atoms with van der Waals surface area (Å²) in [6.45, 7) is 2.17. The van der Waals surface area contributed by atoms with Crippen molar-refractivity contribution >= 4 is 22.9 Å². The van der Waals surface area contributed by atoms with E-state index in [-0.39, 0.29) is 5.82 Å². The molecule has 0 saturated heterocycles. The van der Waals surface area contributed by atoms with Gasteiger partial charge in [0.25, 0.3) is 0 Å². The zero-order valence-corrected chi connectivity index (χ0v) is 11.8. The first kappa shape index (κ1) is 13.5. The average Bonchev–Trinajstić information content (AvgIpc) is 2.98. The Labute approximate surface area is 116 Å². The minimum atomic E-state index is -0.185. The van der Waals surface area contributed by atoms with Crippen molar-refractivity contribution in [3.05, 3.63) is 30.1 Å². The molecule has 0 amide bonds. The zero-order valence-electron chi connectivity index (χ0n) is 10.2. The number of nitrogens with zero attached hydrogens (tertiary/aromatic N) is 1. The van der Waals surface area contributed by atoms with Crippen LogP contribution in [0.5, 0.6) is 0 Å². The van der Waals surface area contributed by atoms with E-state index in [2.05, 4.69) is 11.9 Å². The van der Waals surface area contributed by atoms with Gasteiger partial charge < -0.3 is 0 Å². The fourth-order valence-corrected chi connectivity index (χ4v) is 2.61. The van der Waals surface area contributed by atoms with E-state index in [1.807, 2.05) is 6.07 Å². The quantitative estimate of drug-likeness (QED) is 0.465. The van der Waals surface area contributed by atoms with E-state index in [1.165, 1.54) is 25.3 Å². The van der Waals surface area contributed by atoms with Gasteiger partial charge in [-0.3, -0.25) is 0 Å². The molecule has 0 aliphatic carbocycles. The Balaban J connectivity index is 0.000000174. The predicted octanol–water partition coefficient (Wildman–Crippen LogP) is 5.35. The standard InChI is InChI=1S/C9H4FNS.C5H11Cl/c10-6-3-1-2-5(4-6)8-7-9(11-7)12-8;1-2-3-4-5-6/h1-4H;2-5H2,1H3. The molecule has 0 spiro atoms. The number of benzene rings is 1. The Morgan fingerprint density at radius 2 is 2.17 bits per heavy atom. The molecule has 0 fully saturated rings. The number of fused-ring (bicyclic) bond motifs is 1. The van der Waals surface area contributed by atoms with Crippen molar-refractivity contribution in [2.75, 3.05) is 5.88 Å². The Kier molecular flexibility index (Phi) is 4.72. The summed E-state index contributed by atoms with van der Waals surface area (Å²) < 4.78 is 12.8. The third-order valence-electron chi connectivity index (χ3n) is 2.60. The van der Waals surface area contributed by atoms with Crippen LogP contribution in [0.25, 0.3) is 21.1 Å². The highest BCUT2D eigenvalue weighted by Gasteiger charge is 2.28. The Morgan fingerprint density at radius 3 is 2.61 bits per heavy atom. The van der Waals surface area contributed by atoms with Crippen LogP contribution in [0.15, 0.2) is 24.3 Å². The van der Waals surface area contributed by atoms with E-state index in [0.29, 0.717) is 0 Å². The van der Waals surface area contributed by atoms with Crippen LogP contribution >= 0.6 is 22.9 Å². The van der Waals surface area contributed by atoms with Gasteiger partial charge in [-0.1, -0.05) is 31.9 Å². The van der Waals surface area contributed by atoms with Crippen molar-refractivity contribution in [1.29, 1.82) is 0 Å². The SMILES string of the molecule is CCCCCCl.Fc1cccc(-c2sc3nc2-3)c1. The molecule has 4 heteroatoms. The second-order valence-electron chi connectivity index (χ2n) is 4.10. The number of unbranched alkanes of at least 4 members (excludes halogenated alkanes) is 2. The molecule has 1 nitrogen and oxygen atoms in total. The van der Waals surface area contributed by atoms with E-state index in [0.717, 1.165) is 27.0 Å². The van der Waals surface area contributed by atoms with Crippen LogP contribution in [0.4, 0.5) is 4.39 Å². The first-order chi connectivity index (χ1) is 8.76. The molecule has 0 N–H and O–H groups in total. The summed E-state index contributed by atoms with van der Waals surface area (Å²) in [5.41, 5.74) is 2.02. The molecular formula is C14H15ClFNS. The van der Waals surface area contributed by atoms with Gasteiger partial charge in [0.1, 0.15) is 16.5 Å². The largest absolute Gasteiger partial charge is 0.231 e. The third-order valence-corrected chi connectivity index (χ3v) is 3.98. The molecule has 1 aromatic rings. The molecule has 2 aliphatic rings. The summed E-state index contributed by atoms with van der Waals surface area (Å²) in [6.07, 6.45) is 3.73. The summed E-state index contributed by atoms with van der Waals surface area (Å²) in [4.78, 5) is 5.21. The molecule has 0 atom stereocenters. The van der Waals surface area contributed by atoms with Crippen molar-refractivity contribution in [3.8, 4) is 21.1 Å². The van der Waals surface area contributed by atoms with Crippen LogP contribution < -0.4 is 0 Å². The average molecular weight is 284 g/mol. The van der Waals surface area contributed by atoms with Gasteiger partial charge in [-0.15, -0.1) is 22.9 Å². The molecule has 1 aromatic carbocycles. The molecule has 0 saturated carbocycles. The van der Waals surface area contributed by atoms with Crippen LogP contribution in [-0.4, -0.2) is 10.9 Å². The maximum atomic E-state index is 12.8. The Hall–Kier alpha value is -0.930. The molecule has 2 heterocycles. The minimum Gasteiger partial charge on any atom is -0.231 e. The van der Waals surface area contributed by atoms with Crippen LogP contribution in [0.1, 0.15) is 26.2 Å². The summed E-state index contributed by atoms with van der Waals surface area (Å²) in [5, 5.41) is 1.12. The number of halogens is 2. The number of hydrogen-bond acceptors (Lipinski definition) is 2. The topological polar surface area (TPSA) is 12.9 Å². The number of alkyl halides is 1. The van der Waals surface area contributed by atoms with Gasteiger partial charge in [-0.05, 0) is 24.1 Å². The van der Waals surface area contributed by atoms with E-state index in [1.54, 1.807) is 23.5 Å². The van der Waals surface area contributed by atoms with Crippen molar-refractivity contribution in [2.45, 2.75) is 26.2 Å².